The number of anilines is 1. The summed E-state index contributed by atoms with van der Waals surface area (Å²) in [6, 6.07) is 11.5. The van der Waals surface area contributed by atoms with Gasteiger partial charge in [-0.15, -0.1) is 0 Å². The van der Waals surface area contributed by atoms with E-state index in [4.69, 9.17) is 4.52 Å². The van der Waals surface area contributed by atoms with E-state index in [1.807, 2.05) is 25.1 Å². The van der Waals surface area contributed by atoms with E-state index in [9.17, 15) is 14.0 Å². The zero-order chi connectivity index (χ0) is 19.0. The van der Waals surface area contributed by atoms with Crippen molar-refractivity contribution < 1.29 is 13.7 Å². The van der Waals surface area contributed by atoms with Crippen LogP contribution in [0.15, 0.2) is 51.8 Å². The van der Waals surface area contributed by atoms with Gasteiger partial charge in [0.25, 0.3) is 0 Å². The average molecular weight is 384 g/mol. The standard InChI is InChI=1S/C18H13FN4O3S/c1-10-4-2-3-5-12(10)16-22-26-18(25)23(16)9-15(24)21-17-20-13-7-6-11(19)8-14(13)27-17/h2-8H,9H2,1H3,(H,20,21,24). The molecule has 1 N–H and O–H groups in total. The van der Waals surface area contributed by atoms with Crippen molar-refractivity contribution >= 4 is 32.6 Å². The summed E-state index contributed by atoms with van der Waals surface area (Å²) in [7, 11) is 0. The van der Waals surface area contributed by atoms with E-state index in [2.05, 4.69) is 15.5 Å². The van der Waals surface area contributed by atoms with Gasteiger partial charge >= 0.3 is 5.76 Å². The van der Waals surface area contributed by atoms with Gasteiger partial charge in [-0.3, -0.25) is 9.32 Å². The third-order valence-corrected chi connectivity index (χ3v) is 4.90. The van der Waals surface area contributed by atoms with Gasteiger partial charge < -0.3 is 5.32 Å². The Bertz CT molecular complexity index is 1210. The van der Waals surface area contributed by atoms with Gasteiger partial charge in [0.1, 0.15) is 12.4 Å². The SMILES string of the molecule is Cc1ccccc1-c1noc(=O)n1CC(=O)Nc1nc2ccc(F)cc2s1. The number of carbonyl (C=O) groups is 1. The summed E-state index contributed by atoms with van der Waals surface area (Å²) in [6.07, 6.45) is 0. The molecule has 0 radical (unpaired) electrons. The maximum atomic E-state index is 13.3. The first-order valence-electron chi connectivity index (χ1n) is 8.00. The number of benzene rings is 2. The number of aryl methyl sites for hydroxylation is 1. The van der Waals surface area contributed by atoms with Crippen molar-refractivity contribution in [1.82, 2.24) is 14.7 Å². The van der Waals surface area contributed by atoms with E-state index >= 15 is 0 Å². The lowest BCUT2D eigenvalue weighted by molar-refractivity contribution is -0.116. The summed E-state index contributed by atoms with van der Waals surface area (Å²) in [4.78, 5) is 28.6. The number of carbonyl (C=O) groups excluding carboxylic acids is 1. The molecule has 0 aliphatic heterocycles. The first-order chi connectivity index (χ1) is 13.0. The molecule has 0 fully saturated rings. The van der Waals surface area contributed by atoms with E-state index in [0.29, 0.717) is 20.9 Å². The van der Waals surface area contributed by atoms with Crippen molar-refractivity contribution in [1.29, 1.82) is 0 Å². The number of aromatic nitrogens is 3. The zero-order valence-corrected chi connectivity index (χ0v) is 14.9. The van der Waals surface area contributed by atoms with Crippen LogP contribution < -0.4 is 11.1 Å². The van der Waals surface area contributed by atoms with Crippen LogP contribution in [0.5, 0.6) is 0 Å². The topological polar surface area (TPSA) is 90.0 Å². The Labute approximate surface area is 156 Å². The van der Waals surface area contributed by atoms with Gasteiger partial charge in [-0.2, -0.15) is 0 Å². The van der Waals surface area contributed by atoms with E-state index < -0.39 is 11.7 Å². The fourth-order valence-corrected chi connectivity index (χ4v) is 3.59. The smallest absolute Gasteiger partial charge is 0.300 e. The molecule has 4 aromatic rings. The average Bonchev–Trinajstić information content (AvgIpc) is 3.18. The summed E-state index contributed by atoms with van der Waals surface area (Å²) in [5, 5.41) is 6.74. The summed E-state index contributed by atoms with van der Waals surface area (Å²) >= 11 is 1.15. The zero-order valence-electron chi connectivity index (χ0n) is 14.1. The van der Waals surface area contributed by atoms with Crippen LogP contribution in [0.25, 0.3) is 21.6 Å². The molecule has 0 aliphatic carbocycles. The van der Waals surface area contributed by atoms with Crippen LogP contribution >= 0.6 is 11.3 Å². The molecule has 0 aliphatic rings. The molecule has 9 heteroatoms. The summed E-state index contributed by atoms with van der Waals surface area (Å²) in [5.41, 5.74) is 2.18. The van der Waals surface area contributed by atoms with Gasteiger partial charge in [-0.25, -0.2) is 18.7 Å². The number of thiazole rings is 1. The predicted octanol–water partition coefficient (Wildman–Crippen LogP) is 3.20. The van der Waals surface area contributed by atoms with Crippen molar-refractivity contribution in [2.75, 3.05) is 5.32 Å². The number of fused-ring (bicyclic) bond motifs is 1. The monoisotopic (exact) mass is 384 g/mol. The normalized spacial score (nSPS) is 11.0. The maximum absolute atomic E-state index is 13.3. The van der Waals surface area contributed by atoms with Crippen molar-refractivity contribution in [2.24, 2.45) is 0 Å². The molecule has 0 unspecified atom stereocenters. The van der Waals surface area contributed by atoms with Crippen LogP contribution in [-0.2, 0) is 11.3 Å². The summed E-state index contributed by atoms with van der Waals surface area (Å²) < 4.78 is 19.8. The molecule has 27 heavy (non-hydrogen) atoms. The van der Waals surface area contributed by atoms with Crippen molar-refractivity contribution in [3.63, 3.8) is 0 Å². The lowest BCUT2D eigenvalue weighted by Gasteiger charge is -2.06. The molecule has 2 aromatic heterocycles. The van der Waals surface area contributed by atoms with E-state index in [-0.39, 0.29) is 18.2 Å². The Morgan fingerprint density at radius 1 is 1.30 bits per heavy atom. The molecule has 0 saturated heterocycles. The molecule has 7 nitrogen and oxygen atoms in total. The minimum absolute atomic E-state index is 0.277. The van der Waals surface area contributed by atoms with Gasteiger partial charge in [0.2, 0.25) is 5.91 Å². The van der Waals surface area contributed by atoms with E-state index in [1.54, 1.807) is 6.07 Å². The second-order valence-corrected chi connectivity index (χ2v) is 6.88. The van der Waals surface area contributed by atoms with Crippen LogP contribution in [0, 0.1) is 12.7 Å². The van der Waals surface area contributed by atoms with E-state index in [1.165, 1.54) is 18.2 Å². The van der Waals surface area contributed by atoms with Crippen molar-refractivity contribution in [3.05, 3.63) is 64.4 Å². The minimum atomic E-state index is -0.727. The second kappa shape index (κ2) is 6.76. The van der Waals surface area contributed by atoms with Gasteiger partial charge in [0.15, 0.2) is 11.0 Å². The fraction of sp³-hybridized carbons (Fsp3) is 0.111. The highest BCUT2D eigenvalue weighted by Crippen LogP contribution is 2.26. The lowest BCUT2D eigenvalue weighted by Crippen LogP contribution is -2.25. The van der Waals surface area contributed by atoms with Gasteiger partial charge in [0, 0.05) is 5.56 Å². The third kappa shape index (κ3) is 3.36. The molecule has 1 amide bonds. The maximum Gasteiger partial charge on any atom is 0.442 e. The predicted molar refractivity (Wildman–Crippen MR) is 99.1 cm³/mol. The Morgan fingerprint density at radius 2 is 2.11 bits per heavy atom. The molecule has 2 heterocycles. The van der Waals surface area contributed by atoms with Gasteiger partial charge in [-0.05, 0) is 30.7 Å². The van der Waals surface area contributed by atoms with Crippen LogP contribution in [0.4, 0.5) is 9.52 Å². The van der Waals surface area contributed by atoms with Gasteiger partial charge in [-0.1, -0.05) is 40.8 Å². The number of hydrogen-bond donors (Lipinski definition) is 1. The Hall–Kier alpha value is -3.33. The molecule has 0 atom stereocenters. The number of hydrogen-bond acceptors (Lipinski definition) is 6. The van der Waals surface area contributed by atoms with Crippen LogP contribution in [0.1, 0.15) is 5.56 Å². The lowest BCUT2D eigenvalue weighted by atomic mass is 10.1. The van der Waals surface area contributed by atoms with Gasteiger partial charge in [0.05, 0.1) is 10.2 Å². The van der Waals surface area contributed by atoms with E-state index in [0.717, 1.165) is 21.5 Å². The Kier molecular flexibility index (Phi) is 4.28. The number of nitrogens with one attached hydrogen (secondary N) is 1. The fourth-order valence-electron chi connectivity index (χ4n) is 2.68. The molecule has 0 saturated carbocycles. The number of rotatable bonds is 4. The Balaban J connectivity index is 1.59. The molecule has 136 valence electrons. The van der Waals surface area contributed by atoms with Crippen LogP contribution in [0.2, 0.25) is 0 Å². The number of amides is 1. The molecule has 0 spiro atoms. The van der Waals surface area contributed by atoms with Crippen molar-refractivity contribution in [3.8, 4) is 11.4 Å². The highest BCUT2D eigenvalue weighted by atomic mass is 32.1. The number of nitrogens with zero attached hydrogens (tertiary/aromatic N) is 3. The first-order valence-corrected chi connectivity index (χ1v) is 8.81. The first kappa shape index (κ1) is 17.1. The number of halogens is 1. The highest BCUT2D eigenvalue weighted by Gasteiger charge is 2.18. The van der Waals surface area contributed by atoms with Crippen LogP contribution in [-0.4, -0.2) is 20.6 Å². The molecule has 0 bridgehead atoms. The molecular formula is C18H13FN4O3S. The second-order valence-electron chi connectivity index (χ2n) is 5.85. The quantitative estimate of drug-likeness (QED) is 0.584. The van der Waals surface area contributed by atoms with Crippen molar-refractivity contribution in [2.45, 2.75) is 13.5 Å². The molecule has 2 aromatic carbocycles. The highest BCUT2D eigenvalue weighted by molar-refractivity contribution is 7.22. The minimum Gasteiger partial charge on any atom is -0.300 e. The largest absolute Gasteiger partial charge is 0.442 e. The summed E-state index contributed by atoms with van der Waals surface area (Å²) in [5.74, 6) is -1.29. The summed E-state index contributed by atoms with van der Waals surface area (Å²) in [6.45, 7) is 1.59. The molecule has 4 rings (SSSR count). The molecular weight excluding hydrogens is 371 g/mol. The Morgan fingerprint density at radius 3 is 2.93 bits per heavy atom. The van der Waals surface area contributed by atoms with Crippen LogP contribution in [0.3, 0.4) is 0 Å². The third-order valence-electron chi connectivity index (χ3n) is 3.97.